The lowest BCUT2D eigenvalue weighted by molar-refractivity contribution is -0.130. The molecular weight excluding hydrogens is 406 g/mol. The van der Waals surface area contributed by atoms with Crippen molar-refractivity contribution < 1.29 is 9.59 Å². The molecule has 0 aromatic heterocycles. The van der Waals surface area contributed by atoms with E-state index in [0.717, 1.165) is 38.6 Å². The second-order valence-electron chi connectivity index (χ2n) is 8.67. The van der Waals surface area contributed by atoms with Crippen molar-refractivity contribution in [2.75, 3.05) is 6.54 Å². The number of allylic oxidation sites excluding steroid dienone is 3. The summed E-state index contributed by atoms with van der Waals surface area (Å²) in [4.78, 5) is 29.7. The Bertz CT molecular complexity index is 1420. The quantitative estimate of drug-likeness (QED) is 0.381. The molecule has 33 heavy (non-hydrogen) atoms. The highest BCUT2D eigenvalue weighted by Gasteiger charge is 2.43. The highest BCUT2D eigenvalue weighted by Crippen LogP contribution is 2.54. The smallest absolute Gasteiger partial charge is 0.258 e. The lowest BCUT2D eigenvalue weighted by Crippen LogP contribution is -2.40. The second-order valence-corrected chi connectivity index (χ2v) is 8.67. The predicted molar refractivity (Wildman–Crippen MR) is 134 cm³/mol. The number of rotatable bonds is 5. The zero-order valence-electron chi connectivity index (χ0n) is 19.1. The van der Waals surface area contributed by atoms with Gasteiger partial charge < -0.3 is 4.90 Å². The fourth-order valence-electron chi connectivity index (χ4n) is 5.02. The normalized spacial score (nSPS) is 14.1. The summed E-state index contributed by atoms with van der Waals surface area (Å²) in [7, 11) is 0. The molecule has 3 aromatic carbocycles. The number of benzene rings is 3. The van der Waals surface area contributed by atoms with Gasteiger partial charge in [-0.25, -0.2) is 0 Å². The maximum atomic E-state index is 14.0. The molecule has 3 heteroatoms. The van der Waals surface area contributed by atoms with E-state index < -0.39 is 0 Å². The van der Waals surface area contributed by atoms with Crippen molar-refractivity contribution in [1.29, 1.82) is 0 Å². The molecule has 0 bridgehead atoms. The Kier molecular flexibility index (Phi) is 5.23. The Balaban J connectivity index is 1.76. The van der Waals surface area contributed by atoms with Gasteiger partial charge in [-0.3, -0.25) is 9.59 Å². The van der Waals surface area contributed by atoms with E-state index in [1.807, 2.05) is 62.4 Å². The number of hydrogen-bond acceptors (Lipinski definition) is 2. The summed E-state index contributed by atoms with van der Waals surface area (Å²) in [5, 5.41) is 2.23. The van der Waals surface area contributed by atoms with E-state index in [-0.39, 0.29) is 23.3 Å². The highest BCUT2D eigenvalue weighted by molar-refractivity contribution is 6.56. The molecule has 2 aliphatic carbocycles. The second kappa shape index (κ2) is 8.22. The lowest BCUT2D eigenvalue weighted by atomic mass is 9.95. The van der Waals surface area contributed by atoms with E-state index in [2.05, 4.69) is 30.0 Å². The largest absolute Gasteiger partial charge is 0.335 e. The average Bonchev–Trinajstić information content (AvgIpc) is 3.30. The molecule has 0 radical (unpaired) electrons. The van der Waals surface area contributed by atoms with Crippen molar-refractivity contribution in [1.82, 2.24) is 4.90 Å². The maximum Gasteiger partial charge on any atom is 0.258 e. The molecule has 0 spiro atoms. The Labute approximate surface area is 194 Å². The van der Waals surface area contributed by atoms with Gasteiger partial charge in [0.15, 0.2) is 5.78 Å². The first-order valence-electron chi connectivity index (χ1n) is 11.4. The fourth-order valence-corrected chi connectivity index (χ4v) is 5.02. The Morgan fingerprint density at radius 3 is 2.18 bits per heavy atom. The van der Waals surface area contributed by atoms with Crippen molar-refractivity contribution in [3.05, 3.63) is 89.0 Å². The summed E-state index contributed by atoms with van der Waals surface area (Å²) in [6.45, 7) is 6.26. The van der Waals surface area contributed by atoms with E-state index in [4.69, 9.17) is 0 Å². The van der Waals surface area contributed by atoms with E-state index in [1.165, 1.54) is 0 Å². The van der Waals surface area contributed by atoms with Crippen molar-refractivity contribution >= 4 is 39.2 Å². The minimum atomic E-state index is -0.212. The van der Waals surface area contributed by atoms with Crippen LogP contribution in [0, 0.1) is 11.8 Å². The molecule has 162 valence electrons. The van der Waals surface area contributed by atoms with Crippen LogP contribution in [0.15, 0.2) is 72.3 Å². The topological polar surface area (TPSA) is 37.4 Å². The zero-order valence-corrected chi connectivity index (χ0v) is 19.1. The summed E-state index contributed by atoms with van der Waals surface area (Å²) in [6.07, 6.45) is 0.582. The Morgan fingerprint density at radius 1 is 0.879 bits per heavy atom. The van der Waals surface area contributed by atoms with Crippen LogP contribution in [0.3, 0.4) is 0 Å². The van der Waals surface area contributed by atoms with Crippen LogP contribution < -0.4 is 0 Å². The molecule has 0 N–H and O–H groups in total. The molecule has 5 rings (SSSR count). The SMILES string of the molecule is CC#CCCN(C(=O)C1=C2C(=C(c3ccccc3)C1=O)c1cccc3cccc2c13)C(C)C. The molecule has 3 nitrogen and oxygen atoms in total. The molecule has 3 aromatic rings. The third kappa shape index (κ3) is 3.22. The molecular formula is C30H25NO2. The van der Waals surface area contributed by atoms with Crippen molar-refractivity contribution in [3.8, 4) is 11.8 Å². The van der Waals surface area contributed by atoms with Gasteiger partial charge in [-0.05, 0) is 48.2 Å². The number of fused-ring (bicyclic) bond motifs is 3. The number of Topliss-reactive ketones (excluding diaryl/α,β-unsaturated/α-hetero) is 1. The molecule has 2 aliphatic rings. The molecule has 0 fully saturated rings. The number of amides is 1. The van der Waals surface area contributed by atoms with E-state index in [9.17, 15) is 9.59 Å². The van der Waals surface area contributed by atoms with Crippen LogP contribution in [0.25, 0.3) is 27.5 Å². The third-order valence-electron chi connectivity index (χ3n) is 6.46. The number of nitrogens with zero attached hydrogens (tertiary/aromatic N) is 1. The number of carbonyl (C=O) groups excluding carboxylic acids is 2. The third-order valence-corrected chi connectivity index (χ3v) is 6.46. The van der Waals surface area contributed by atoms with E-state index in [0.29, 0.717) is 18.5 Å². The summed E-state index contributed by atoms with van der Waals surface area (Å²) in [5.74, 6) is 5.54. The van der Waals surface area contributed by atoms with Crippen LogP contribution in [-0.2, 0) is 9.59 Å². The van der Waals surface area contributed by atoms with Crippen LogP contribution in [0.4, 0.5) is 0 Å². The maximum absolute atomic E-state index is 14.0. The van der Waals surface area contributed by atoms with Gasteiger partial charge >= 0.3 is 0 Å². The van der Waals surface area contributed by atoms with Crippen molar-refractivity contribution in [2.45, 2.75) is 33.2 Å². The average molecular weight is 432 g/mol. The standard InChI is InChI=1S/C30H25NO2/c1-4-5-9-18-31(19(2)3)30(33)28-27-23-17-11-15-20-14-10-16-22(24(20)23)26(27)25(29(28)32)21-12-7-6-8-13-21/h6-8,10-17,19H,9,18H2,1-3H3. The Hall–Kier alpha value is -3.90. The summed E-state index contributed by atoms with van der Waals surface area (Å²) >= 11 is 0. The van der Waals surface area contributed by atoms with Gasteiger partial charge in [0.05, 0.1) is 5.57 Å². The van der Waals surface area contributed by atoms with Crippen LogP contribution in [0.1, 0.15) is 43.9 Å². The van der Waals surface area contributed by atoms with Crippen LogP contribution >= 0.6 is 0 Å². The molecule has 1 amide bonds. The van der Waals surface area contributed by atoms with Gasteiger partial charge in [0.1, 0.15) is 0 Å². The molecule has 0 saturated carbocycles. The van der Waals surface area contributed by atoms with Gasteiger partial charge in [0, 0.05) is 35.7 Å². The van der Waals surface area contributed by atoms with Crippen LogP contribution in [0.5, 0.6) is 0 Å². The van der Waals surface area contributed by atoms with E-state index >= 15 is 0 Å². The molecule has 0 unspecified atom stereocenters. The summed E-state index contributed by atoms with van der Waals surface area (Å²) in [6, 6.07) is 21.9. The molecule has 0 saturated heterocycles. The molecule has 0 aliphatic heterocycles. The fraction of sp³-hybridized carbons (Fsp3) is 0.200. The zero-order chi connectivity index (χ0) is 23.1. The van der Waals surface area contributed by atoms with Gasteiger partial charge in [-0.15, -0.1) is 11.8 Å². The van der Waals surface area contributed by atoms with Gasteiger partial charge in [0.2, 0.25) is 0 Å². The first-order valence-corrected chi connectivity index (χ1v) is 11.4. The number of ketones is 1. The summed E-state index contributed by atoms with van der Waals surface area (Å²) in [5.41, 5.74) is 5.41. The van der Waals surface area contributed by atoms with Crippen LogP contribution in [-0.4, -0.2) is 29.2 Å². The predicted octanol–water partition coefficient (Wildman–Crippen LogP) is 5.75. The highest BCUT2D eigenvalue weighted by atomic mass is 16.2. The van der Waals surface area contributed by atoms with Gasteiger partial charge in [-0.2, -0.15) is 0 Å². The molecule has 0 heterocycles. The summed E-state index contributed by atoms with van der Waals surface area (Å²) < 4.78 is 0. The first-order chi connectivity index (χ1) is 16.0. The van der Waals surface area contributed by atoms with Crippen molar-refractivity contribution in [2.24, 2.45) is 0 Å². The van der Waals surface area contributed by atoms with E-state index in [1.54, 1.807) is 11.8 Å². The van der Waals surface area contributed by atoms with Gasteiger partial charge in [0.25, 0.3) is 5.91 Å². The minimum absolute atomic E-state index is 0.0409. The van der Waals surface area contributed by atoms with Crippen molar-refractivity contribution in [3.63, 3.8) is 0 Å². The number of hydrogen-bond donors (Lipinski definition) is 0. The Morgan fingerprint density at radius 2 is 1.55 bits per heavy atom. The minimum Gasteiger partial charge on any atom is -0.335 e. The monoisotopic (exact) mass is 431 g/mol. The lowest BCUT2D eigenvalue weighted by Gasteiger charge is -2.27. The van der Waals surface area contributed by atoms with Gasteiger partial charge in [-0.1, -0.05) is 66.7 Å². The first kappa shape index (κ1) is 21.0. The molecule has 0 atom stereocenters. The number of carbonyl (C=O) groups is 2. The van der Waals surface area contributed by atoms with Crippen LogP contribution in [0.2, 0.25) is 0 Å².